The first kappa shape index (κ1) is 14.4. The van der Waals surface area contributed by atoms with E-state index in [-0.39, 0.29) is 11.9 Å². The van der Waals surface area contributed by atoms with E-state index in [9.17, 15) is 4.79 Å². The van der Waals surface area contributed by atoms with Gasteiger partial charge in [0.15, 0.2) is 0 Å². The molecule has 1 fully saturated rings. The van der Waals surface area contributed by atoms with E-state index in [0.29, 0.717) is 23.1 Å². The Balaban J connectivity index is 2.08. The molecule has 3 N–H and O–H groups in total. The van der Waals surface area contributed by atoms with Gasteiger partial charge in [-0.1, -0.05) is 42.6 Å². The lowest BCUT2D eigenvalue weighted by Crippen LogP contribution is -2.43. The molecule has 0 spiro atoms. The molecule has 1 aromatic carbocycles. The molecule has 3 atom stereocenters. The Morgan fingerprint density at radius 3 is 2.74 bits per heavy atom. The fraction of sp³-hybridized carbons (Fsp3) is 0.533. The molecular weight excluding hydrogens is 304 g/mol. The van der Waals surface area contributed by atoms with Crippen molar-refractivity contribution in [3.8, 4) is 0 Å². The van der Waals surface area contributed by atoms with Crippen molar-refractivity contribution in [2.24, 2.45) is 11.8 Å². The number of amides is 1. The van der Waals surface area contributed by atoms with Crippen molar-refractivity contribution >= 4 is 27.5 Å². The molecule has 104 valence electrons. The Bertz CT molecular complexity index is 455. The van der Waals surface area contributed by atoms with Gasteiger partial charge < -0.3 is 11.1 Å². The first-order valence-electron chi connectivity index (χ1n) is 6.84. The van der Waals surface area contributed by atoms with Crippen molar-refractivity contribution < 1.29 is 4.79 Å². The van der Waals surface area contributed by atoms with Gasteiger partial charge in [0.05, 0.1) is 0 Å². The number of hydrogen-bond donors (Lipinski definition) is 2. The maximum atomic E-state index is 12.3. The van der Waals surface area contributed by atoms with Crippen molar-refractivity contribution in [2.75, 3.05) is 5.73 Å². The highest BCUT2D eigenvalue weighted by Gasteiger charge is 2.28. The highest BCUT2D eigenvalue weighted by atomic mass is 79.9. The smallest absolute Gasteiger partial charge is 0.251 e. The Morgan fingerprint density at radius 2 is 2.05 bits per heavy atom. The predicted molar refractivity (Wildman–Crippen MR) is 82.0 cm³/mol. The SMILES string of the molecule is CC1CCCC(NC(=O)c2cc(N)cc(Br)c2)C1C. The molecule has 0 radical (unpaired) electrons. The topological polar surface area (TPSA) is 55.1 Å². The number of rotatable bonds is 2. The largest absolute Gasteiger partial charge is 0.399 e. The van der Waals surface area contributed by atoms with Crippen LogP contribution < -0.4 is 11.1 Å². The summed E-state index contributed by atoms with van der Waals surface area (Å²) in [5.74, 6) is 1.17. The van der Waals surface area contributed by atoms with Crippen LogP contribution in [0.5, 0.6) is 0 Å². The molecule has 1 aliphatic rings. The molecule has 1 amide bonds. The summed E-state index contributed by atoms with van der Waals surface area (Å²) in [7, 11) is 0. The van der Waals surface area contributed by atoms with Crippen molar-refractivity contribution in [3.05, 3.63) is 28.2 Å². The first-order valence-corrected chi connectivity index (χ1v) is 7.63. The molecule has 1 saturated carbocycles. The summed E-state index contributed by atoms with van der Waals surface area (Å²) >= 11 is 3.37. The van der Waals surface area contributed by atoms with Gasteiger partial charge >= 0.3 is 0 Å². The van der Waals surface area contributed by atoms with E-state index in [1.54, 1.807) is 12.1 Å². The highest BCUT2D eigenvalue weighted by molar-refractivity contribution is 9.10. The minimum absolute atomic E-state index is 0.0287. The molecule has 3 nitrogen and oxygen atoms in total. The van der Waals surface area contributed by atoms with Crippen LogP contribution in [-0.2, 0) is 0 Å². The number of nitrogens with one attached hydrogen (secondary N) is 1. The van der Waals surface area contributed by atoms with E-state index in [4.69, 9.17) is 5.73 Å². The summed E-state index contributed by atoms with van der Waals surface area (Å²) in [6.45, 7) is 4.49. The van der Waals surface area contributed by atoms with Gasteiger partial charge in [-0.25, -0.2) is 0 Å². The summed E-state index contributed by atoms with van der Waals surface area (Å²) in [5.41, 5.74) is 6.99. The fourth-order valence-corrected chi connectivity index (χ4v) is 3.29. The standard InChI is InChI=1S/C15H21BrN2O/c1-9-4-3-5-14(10(9)2)18-15(19)11-6-12(16)8-13(17)7-11/h6-10,14H,3-5,17H2,1-2H3,(H,18,19). The molecule has 3 unspecified atom stereocenters. The second-order valence-corrected chi connectivity index (χ2v) is 6.54. The van der Waals surface area contributed by atoms with Crippen LogP contribution >= 0.6 is 15.9 Å². The highest BCUT2D eigenvalue weighted by Crippen LogP contribution is 2.29. The number of hydrogen-bond acceptors (Lipinski definition) is 2. The third-order valence-electron chi connectivity index (χ3n) is 4.21. The quantitative estimate of drug-likeness (QED) is 0.817. The van der Waals surface area contributed by atoms with Crippen LogP contribution in [0.2, 0.25) is 0 Å². The van der Waals surface area contributed by atoms with E-state index in [1.807, 2.05) is 6.07 Å². The van der Waals surface area contributed by atoms with E-state index in [2.05, 4.69) is 35.1 Å². The molecule has 0 bridgehead atoms. The summed E-state index contributed by atoms with van der Waals surface area (Å²) in [4.78, 5) is 12.3. The number of carbonyl (C=O) groups excluding carboxylic acids is 1. The van der Waals surface area contributed by atoms with E-state index >= 15 is 0 Å². The lowest BCUT2D eigenvalue weighted by molar-refractivity contribution is 0.0891. The molecule has 4 heteroatoms. The molecule has 2 rings (SSSR count). The summed E-state index contributed by atoms with van der Waals surface area (Å²) in [5, 5.41) is 3.15. The molecule has 0 saturated heterocycles. The van der Waals surface area contributed by atoms with Crippen LogP contribution in [0.1, 0.15) is 43.5 Å². The van der Waals surface area contributed by atoms with E-state index in [0.717, 1.165) is 10.9 Å². The molecule has 0 heterocycles. The third kappa shape index (κ3) is 3.50. The van der Waals surface area contributed by atoms with Gasteiger partial charge in [0.2, 0.25) is 0 Å². The van der Waals surface area contributed by atoms with Gasteiger partial charge in [-0.05, 0) is 36.5 Å². The molecular formula is C15H21BrN2O. The molecule has 0 aliphatic heterocycles. The van der Waals surface area contributed by atoms with Gasteiger partial charge in [0.25, 0.3) is 5.91 Å². The van der Waals surface area contributed by atoms with Gasteiger partial charge in [0, 0.05) is 21.8 Å². The third-order valence-corrected chi connectivity index (χ3v) is 4.66. The molecule has 1 aliphatic carbocycles. The Morgan fingerprint density at radius 1 is 1.32 bits per heavy atom. The summed E-state index contributed by atoms with van der Waals surface area (Å²) < 4.78 is 0.836. The fourth-order valence-electron chi connectivity index (χ4n) is 2.78. The minimum atomic E-state index is -0.0287. The second kappa shape index (κ2) is 5.95. The first-order chi connectivity index (χ1) is 8.97. The number of carbonyl (C=O) groups is 1. The van der Waals surface area contributed by atoms with Crippen molar-refractivity contribution in [1.82, 2.24) is 5.32 Å². The van der Waals surface area contributed by atoms with Crippen LogP contribution in [0.15, 0.2) is 22.7 Å². The lowest BCUT2D eigenvalue weighted by atomic mass is 9.78. The van der Waals surface area contributed by atoms with Gasteiger partial charge in [-0.3, -0.25) is 4.79 Å². The maximum absolute atomic E-state index is 12.3. The zero-order valence-electron chi connectivity index (χ0n) is 11.4. The number of anilines is 1. The van der Waals surface area contributed by atoms with Gasteiger partial charge in [-0.15, -0.1) is 0 Å². The van der Waals surface area contributed by atoms with Gasteiger partial charge in [-0.2, -0.15) is 0 Å². The monoisotopic (exact) mass is 324 g/mol. The van der Waals surface area contributed by atoms with Crippen molar-refractivity contribution in [1.29, 1.82) is 0 Å². The van der Waals surface area contributed by atoms with Crippen LogP contribution in [0.25, 0.3) is 0 Å². The van der Waals surface area contributed by atoms with E-state index in [1.165, 1.54) is 12.8 Å². The number of nitrogens with two attached hydrogens (primary N) is 1. The number of benzene rings is 1. The maximum Gasteiger partial charge on any atom is 0.251 e. The molecule has 1 aromatic rings. The summed E-state index contributed by atoms with van der Waals surface area (Å²) in [6.07, 6.45) is 3.52. The minimum Gasteiger partial charge on any atom is -0.399 e. The second-order valence-electron chi connectivity index (χ2n) is 5.62. The van der Waals surface area contributed by atoms with Gasteiger partial charge in [0.1, 0.15) is 0 Å². The van der Waals surface area contributed by atoms with Crippen LogP contribution in [-0.4, -0.2) is 11.9 Å². The summed E-state index contributed by atoms with van der Waals surface area (Å²) in [6, 6.07) is 5.60. The van der Waals surface area contributed by atoms with Crippen LogP contribution in [0.3, 0.4) is 0 Å². The Hall–Kier alpha value is -1.03. The van der Waals surface area contributed by atoms with E-state index < -0.39 is 0 Å². The zero-order chi connectivity index (χ0) is 14.0. The van der Waals surface area contributed by atoms with Crippen molar-refractivity contribution in [2.45, 2.75) is 39.2 Å². The predicted octanol–water partition coefficient (Wildman–Crippen LogP) is 3.59. The molecule has 0 aromatic heterocycles. The Labute approximate surface area is 123 Å². The van der Waals surface area contributed by atoms with Crippen LogP contribution in [0, 0.1) is 11.8 Å². The Kier molecular flexibility index (Phi) is 4.50. The average molecular weight is 325 g/mol. The normalized spacial score (nSPS) is 27.0. The lowest BCUT2D eigenvalue weighted by Gasteiger charge is -2.34. The van der Waals surface area contributed by atoms with Crippen LogP contribution in [0.4, 0.5) is 5.69 Å². The number of nitrogen functional groups attached to an aromatic ring is 1. The average Bonchev–Trinajstić information content (AvgIpc) is 2.33. The molecule has 19 heavy (non-hydrogen) atoms. The number of halogens is 1. The van der Waals surface area contributed by atoms with Crippen molar-refractivity contribution in [3.63, 3.8) is 0 Å². The zero-order valence-corrected chi connectivity index (χ0v) is 13.0.